The van der Waals surface area contributed by atoms with E-state index in [0.29, 0.717) is 5.58 Å². The summed E-state index contributed by atoms with van der Waals surface area (Å²) >= 11 is 0. The van der Waals surface area contributed by atoms with E-state index in [0.717, 1.165) is 38.3 Å². The summed E-state index contributed by atoms with van der Waals surface area (Å²) in [6.07, 6.45) is 0. The summed E-state index contributed by atoms with van der Waals surface area (Å²) in [7, 11) is 0. The van der Waals surface area contributed by atoms with Crippen molar-refractivity contribution in [1.82, 2.24) is 0 Å². The summed E-state index contributed by atoms with van der Waals surface area (Å²) in [5.41, 5.74) is 8.29. The van der Waals surface area contributed by atoms with Crippen molar-refractivity contribution in [2.24, 2.45) is 0 Å². The van der Waals surface area contributed by atoms with E-state index in [9.17, 15) is 0 Å². The van der Waals surface area contributed by atoms with E-state index in [1.165, 1.54) is 43.8 Å². The quantitative estimate of drug-likeness (QED) is 0.200. The molecule has 0 unspecified atom stereocenters. The molecule has 8 aromatic carbocycles. The Labute approximate surface area is 252 Å². The normalized spacial score (nSPS) is 12.4. The number of fused-ring (bicyclic) bond motifs is 7. The lowest BCUT2D eigenvalue weighted by Gasteiger charge is -2.18. The van der Waals surface area contributed by atoms with Gasteiger partial charge in [0.1, 0.15) is 11.2 Å². The Balaban J connectivity index is 1.22. The molecule has 0 spiro atoms. The molecule has 9 rings (SSSR count). The van der Waals surface area contributed by atoms with Crippen LogP contribution in [0.3, 0.4) is 0 Å². The van der Waals surface area contributed by atoms with Gasteiger partial charge in [-0.2, -0.15) is 0 Å². The van der Waals surface area contributed by atoms with Crippen LogP contribution < -0.4 is 0 Å². The van der Waals surface area contributed by atoms with Crippen LogP contribution in [0.25, 0.3) is 87.6 Å². The lowest BCUT2D eigenvalue weighted by Crippen LogP contribution is -1.90. The zero-order valence-corrected chi connectivity index (χ0v) is 23.3. The second-order valence-corrected chi connectivity index (χ2v) is 11.1. The van der Waals surface area contributed by atoms with E-state index in [2.05, 4.69) is 115 Å². The minimum absolute atomic E-state index is 0.128. The summed E-state index contributed by atoms with van der Waals surface area (Å²) in [4.78, 5) is 0. The van der Waals surface area contributed by atoms with Gasteiger partial charge < -0.3 is 4.42 Å². The molecule has 0 saturated heterocycles. The van der Waals surface area contributed by atoms with Crippen LogP contribution in [0.5, 0.6) is 0 Å². The van der Waals surface area contributed by atoms with Gasteiger partial charge in [0.25, 0.3) is 0 Å². The highest BCUT2D eigenvalue weighted by Gasteiger charge is 2.17. The molecular weight excluding hydrogens is 520 g/mol. The number of furan rings is 1. The van der Waals surface area contributed by atoms with Crippen molar-refractivity contribution in [2.45, 2.75) is 0 Å². The van der Waals surface area contributed by atoms with Gasteiger partial charge in [0, 0.05) is 10.8 Å². The predicted molar refractivity (Wildman–Crippen MR) is 183 cm³/mol. The molecule has 1 aromatic heterocycles. The zero-order chi connectivity index (χ0) is 30.1. The first-order valence-corrected chi connectivity index (χ1v) is 14.6. The first kappa shape index (κ1) is 22.0. The minimum atomic E-state index is 0.128. The first-order valence-electron chi connectivity index (χ1n) is 15.6. The van der Waals surface area contributed by atoms with E-state index in [4.69, 9.17) is 7.16 Å². The van der Waals surface area contributed by atoms with Gasteiger partial charge in [0.05, 0.1) is 2.74 Å². The maximum absolute atomic E-state index is 8.62. The van der Waals surface area contributed by atoms with Crippen molar-refractivity contribution >= 4 is 54.3 Å². The van der Waals surface area contributed by atoms with Gasteiger partial charge >= 0.3 is 0 Å². The zero-order valence-electron chi connectivity index (χ0n) is 25.3. The molecule has 0 aliphatic rings. The van der Waals surface area contributed by atoms with Crippen molar-refractivity contribution in [3.63, 3.8) is 0 Å². The van der Waals surface area contributed by atoms with Crippen LogP contribution in [0.2, 0.25) is 0 Å². The molecule has 43 heavy (non-hydrogen) atoms. The third-order valence-electron chi connectivity index (χ3n) is 8.70. The number of hydrogen-bond acceptors (Lipinski definition) is 1. The summed E-state index contributed by atoms with van der Waals surface area (Å²) in [6, 6.07) is 51.4. The Morgan fingerprint density at radius 2 is 0.884 bits per heavy atom. The minimum Gasteiger partial charge on any atom is -0.456 e. The van der Waals surface area contributed by atoms with E-state index in [1.807, 2.05) is 30.3 Å². The SMILES string of the molecule is [2H]c1c([2H])c2oc3ccc(-c4ccc(-c5c6ccccc6c(-c6ccccc6)c6ccccc56)cc4)cc3c2c2ccccc12. The van der Waals surface area contributed by atoms with Gasteiger partial charge in [-0.3, -0.25) is 0 Å². The Bertz CT molecular complexity index is 2540. The summed E-state index contributed by atoms with van der Waals surface area (Å²) in [6.45, 7) is 0. The molecule has 0 bridgehead atoms. The van der Waals surface area contributed by atoms with Crippen LogP contribution in [0.15, 0.2) is 162 Å². The summed E-state index contributed by atoms with van der Waals surface area (Å²) in [5, 5.41) is 8.54. The van der Waals surface area contributed by atoms with Gasteiger partial charge in [-0.15, -0.1) is 0 Å². The van der Waals surface area contributed by atoms with Crippen molar-refractivity contribution in [3.05, 3.63) is 158 Å². The maximum Gasteiger partial charge on any atom is 0.136 e. The standard InChI is InChI=1S/C42H26O/c1-2-11-29(12-3-1)40-33-14-6-8-16-35(33)41(36-17-9-7-15-34(36)40)30-20-18-27(19-21-30)31-23-24-38-37(26-31)42-32-13-5-4-10-28(32)22-25-39(42)43-38/h1-26H/i22D,25D. The highest BCUT2D eigenvalue weighted by molar-refractivity contribution is 6.22. The largest absolute Gasteiger partial charge is 0.456 e. The van der Waals surface area contributed by atoms with Crippen LogP contribution >= 0.6 is 0 Å². The molecule has 1 heterocycles. The monoisotopic (exact) mass is 548 g/mol. The average Bonchev–Trinajstić information content (AvgIpc) is 3.49. The summed E-state index contributed by atoms with van der Waals surface area (Å²) in [5.74, 6) is 0. The Morgan fingerprint density at radius 1 is 0.372 bits per heavy atom. The number of benzene rings is 8. The van der Waals surface area contributed by atoms with Crippen LogP contribution in [0, 0.1) is 0 Å². The first-order chi connectivity index (χ1) is 22.2. The number of rotatable bonds is 3. The molecule has 0 aliphatic carbocycles. The molecule has 9 aromatic rings. The molecule has 200 valence electrons. The van der Waals surface area contributed by atoms with Gasteiger partial charge in [-0.1, -0.05) is 140 Å². The highest BCUT2D eigenvalue weighted by atomic mass is 16.3. The van der Waals surface area contributed by atoms with Gasteiger partial charge in [-0.25, -0.2) is 0 Å². The van der Waals surface area contributed by atoms with Crippen molar-refractivity contribution in [3.8, 4) is 33.4 Å². The van der Waals surface area contributed by atoms with E-state index < -0.39 is 0 Å². The van der Waals surface area contributed by atoms with Gasteiger partial charge in [0.15, 0.2) is 0 Å². The van der Waals surface area contributed by atoms with E-state index in [-0.39, 0.29) is 12.1 Å². The molecule has 1 nitrogen and oxygen atoms in total. The topological polar surface area (TPSA) is 13.1 Å². The van der Waals surface area contributed by atoms with Gasteiger partial charge in [-0.05, 0) is 83.9 Å². The fourth-order valence-corrected chi connectivity index (χ4v) is 6.75. The molecule has 1 heteroatoms. The Morgan fingerprint density at radius 3 is 1.53 bits per heavy atom. The smallest absolute Gasteiger partial charge is 0.136 e. The van der Waals surface area contributed by atoms with Crippen molar-refractivity contribution in [1.29, 1.82) is 0 Å². The van der Waals surface area contributed by atoms with E-state index >= 15 is 0 Å². The predicted octanol–water partition coefficient (Wildman–Crippen LogP) is 12.0. The molecule has 0 saturated carbocycles. The molecule has 0 fully saturated rings. The van der Waals surface area contributed by atoms with Crippen LogP contribution in [0.1, 0.15) is 2.74 Å². The van der Waals surface area contributed by atoms with Crippen LogP contribution in [-0.4, -0.2) is 0 Å². The molecule has 0 N–H and O–H groups in total. The number of hydrogen-bond donors (Lipinski definition) is 0. The molecule has 0 aliphatic heterocycles. The Hall–Kier alpha value is -5.66. The second-order valence-electron chi connectivity index (χ2n) is 11.1. The lowest BCUT2D eigenvalue weighted by atomic mass is 9.86. The third kappa shape index (κ3) is 3.72. The fraction of sp³-hybridized carbons (Fsp3) is 0. The van der Waals surface area contributed by atoms with E-state index in [1.54, 1.807) is 0 Å². The Kier molecular flexibility index (Phi) is 4.83. The molecular formula is C42H26O. The highest BCUT2D eigenvalue weighted by Crippen LogP contribution is 2.44. The fourth-order valence-electron chi connectivity index (χ4n) is 6.75. The second kappa shape index (κ2) is 9.44. The average molecular weight is 549 g/mol. The van der Waals surface area contributed by atoms with Gasteiger partial charge in [0.2, 0.25) is 0 Å². The van der Waals surface area contributed by atoms with Crippen molar-refractivity contribution in [2.75, 3.05) is 0 Å². The molecule has 0 radical (unpaired) electrons. The maximum atomic E-state index is 8.62. The summed E-state index contributed by atoms with van der Waals surface area (Å²) < 4.78 is 23.3. The molecule has 0 atom stereocenters. The van der Waals surface area contributed by atoms with Crippen LogP contribution in [0.4, 0.5) is 0 Å². The lowest BCUT2D eigenvalue weighted by molar-refractivity contribution is 0.669. The molecule has 0 amide bonds. The van der Waals surface area contributed by atoms with Crippen LogP contribution in [-0.2, 0) is 0 Å². The third-order valence-corrected chi connectivity index (χ3v) is 8.70. The van der Waals surface area contributed by atoms with Crippen molar-refractivity contribution < 1.29 is 7.16 Å².